The van der Waals surface area contributed by atoms with Gasteiger partial charge in [0.05, 0.1) is 5.92 Å². The third kappa shape index (κ3) is 5.93. The van der Waals surface area contributed by atoms with E-state index in [2.05, 4.69) is 9.57 Å². The Morgan fingerprint density at radius 2 is 2.00 bits per heavy atom. The SMILES string of the molecule is O=C(O)C1CCN(CCCCC(O)[P+](=O)OO)CC1. The second-order valence-corrected chi connectivity index (χ2v) is 6.13. The molecule has 0 bridgehead atoms. The first-order chi connectivity index (χ1) is 9.04. The van der Waals surface area contributed by atoms with E-state index in [4.69, 9.17) is 10.4 Å². The number of carbonyl (C=O) groups is 1. The van der Waals surface area contributed by atoms with E-state index in [0.717, 1.165) is 26.1 Å². The van der Waals surface area contributed by atoms with E-state index in [9.17, 15) is 14.5 Å². The first-order valence-electron chi connectivity index (χ1n) is 6.45. The summed E-state index contributed by atoms with van der Waals surface area (Å²) in [7, 11) is -2.40. The van der Waals surface area contributed by atoms with Crippen molar-refractivity contribution in [2.75, 3.05) is 19.6 Å². The maximum absolute atomic E-state index is 10.9. The summed E-state index contributed by atoms with van der Waals surface area (Å²) in [5, 5.41) is 26.3. The van der Waals surface area contributed by atoms with Crippen LogP contribution in [0.1, 0.15) is 32.1 Å². The Morgan fingerprint density at radius 1 is 1.37 bits per heavy atom. The monoisotopic (exact) mass is 294 g/mol. The van der Waals surface area contributed by atoms with Crippen LogP contribution < -0.4 is 0 Å². The summed E-state index contributed by atoms with van der Waals surface area (Å²) in [4.78, 5) is 13.0. The molecule has 1 aliphatic rings. The Kier molecular flexibility index (Phi) is 7.41. The Bertz CT molecular complexity index is 306. The van der Waals surface area contributed by atoms with Crippen LogP contribution in [0.2, 0.25) is 0 Å². The number of hydrogen-bond acceptors (Lipinski definition) is 6. The van der Waals surface area contributed by atoms with Crippen LogP contribution in [0.4, 0.5) is 0 Å². The molecule has 19 heavy (non-hydrogen) atoms. The summed E-state index contributed by atoms with van der Waals surface area (Å²) in [6, 6.07) is 0. The molecule has 1 aliphatic heterocycles. The first-order valence-corrected chi connectivity index (χ1v) is 7.70. The van der Waals surface area contributed by atoms with Crippen LogP contribution >= 0.6 is 8.03 Å². The lowest BCUT2D eigenvalue weighted by Crippen LogP contribution is -2.36. The van der Waals surface area contributed by atoms with Gasteiger partial charge in [-0.2, -0.15) is 0 Å². The lowest BCUT2D eigenvalue weighted by Gasteiger charge is -2.29. The minimum atomic E-state index is -2.40. The molecule has 110 valence electrons. The average Bonchev–Trinajstić information content (AvgIpc) is 2.42. The fourth-order valence-corrected chi connectivity index (χ4v) is 2.73. The van der Waals surface area contributed by atoms with Crippen molar-refractivity contribution in [3.05, 3.63) is 0 Å². The zero-order chi connectivity index (χ0) is 14.3. The van der Waals surface area contributed by atoms with Gasteiger partial charge in [-0.25, -0.2) is 5.26 Å². The Morgan fingerprint density at radius 3 is 2.53 bits per heavy atom. The standard InChI is InChI=1S/C11H20NO6P/c13-10(19(17)18-16)3-1-2-6-12-7-4-9(5-8-12)11(14)15/h9-10,13H,1-8H2,(H-,14,15,16)/p+1. The Balaban J connectivity index is 2.08. The molecule has 1 saturated heterocycles. The van der Waals surface area contributed by atoms with Gasteiger partial charge in [0.2, 0.25) is 0 Å². The van der Waals surface area contributed by atoms with Gasteiger partial charge in [-0.3, -0.25) is 4.79 Å². The number of hydrogen-bond donors (Lipinski definition) is 3. The van der Waals surface area contributed by atoms with Crippen LogP contribution in [0.3, 0.4) is 0 Å². The molecule has 1 rings (SSSR count). The van der Waals surface area contributed by atoms with Gasteiger partial charge in [0.25, 0.3) is 5.85 Å². The van der Waals surface area contributed by atoms with Crippen LogP contribution in [0.5, 0.6) is 0 Å². The number of likely N-dealkylation sites (tertiary alicyclic amines) is 1. The minimum Gasteiger partial charge on any atom is -0.481 e. The summed E-state index contributed by atoms with van der Waals surface area (Å²) in [6.45, 7) is 2.41. The van der Waals surface area contributed by atoms with E-state index in [1.807, 2.05) is 0 Å². The number of aliphatic hydroxyl groups excluding tert-OH is 1. The van der Waals surface area contributed by atoms with Crippen LogP contribution in [0.15, 0.2) is 0 Å². The Labute approximate surface area is 113 Å². The van der Waals surface area contributed by atoms with E-state index in [0.29, 0.717) is 25.7 Å². The highest BCUT2D eigenvalue weighted by Gasteiger charge is 2.30. The number of carboxylic acids is 1. The third-order valence-electron chi connectivity index (χ3n) is 3.45. The normalized spacial score (nSPS) is 20.2. The number of unbranched alkanes of at least 4 members (excludes halogenated alkanes) is 1. The highest BCUT2D eigenvalue weighted by molar-refractivity contribution is 7.39. The van der Waals surface area contributed by atoms with E-state index < -0.39 is 19.8 Å². The van der Waals surface area contributed by atoms with Gasteiger partial charge in [-0.05, 0) is 49.9 Å². The number of piperidine rings is 1. The highest BCUT2D eigenvalue weighted by atomic mass is 31.1. The second kappa shape index (κ2) is 8.55. The zero-order valence-electron chi connectivity index (χ0n) is 10.8. The number of aliphatic carboxylic acids is 1. The first kappa shape index (κ1) is 16.5. The van der Waals surface area contributed by atoms with Gasteiger partial charge in [-0.1, -0.05) is 0 Å². The van der Waals surface area contributed by atoms with Gasteiger partial charge in [0.1, 0.15) is 0 Å². The lowest BCUT2D eigenvalue weighted by atomic mass is 9.97. The van der Waals surface area contributed by atoms with E-state index in [1.54, 1.807) is 0 Å². The van der Waals surface area contributed by atoms with Crippen molar-refractivity contribution in [2.24, 2.45) is 5.92 Å². The molecule has 0 aromatic heterocycles. The molecule has 0 saturated carbocycles. The molecule has 0 aromatic carbocycles. The Hall–Kier alpha value is -0.590. The number of rotatable bonds is 8. The predicted octanol–water partition coefficient (Wildman–Crippen LogP) is 1.50. The summed E-state index contributed by atoms with van der Waals surface area (Å²) >= 11 is 0. The van der Waals surface area contributed by atoms with Crippen LogP contribution in [-0.2, 0) is 14.0 Å². The molecule has 7 nitrogen and oxygen atoms in total. The van der Waals surface area contributed by atoms with Crippen molar-refractivity contribution in [2.45, 2.75) is 37.9 Å². The smallest absolute Gasteiger partial charge is 0.481 e. The van der Waals surface area contributed by atoms with Gasteiger partial charge in [-0.15, -0.1) is 0 Å². The molecule has 2 unspecified atom stereocenters. The topological polar surface area (TPSA) is 107 Å². The van der Waals surface area contributed by atoms with Crippen molar-refractivity contribution >= 4 is 14.0 Å². The largest absolute Gasteiger partial charge is 0.571 e. The summed E-state index contributed by atoms with van der Waals surface area (Å²) < 4.78 is 14.5. The van der Waals surface area contributed by atoms with E-state index in [1.165, 1.54) is 0 Å². The molecule has 0 aliphatic carbocycles. The van der Waals surface area contributed by atoms with Crippen LogP contribution in [0.25, 0.3) is 0 Å². The quantitative estimate of drug-likeness (QED) is 0.269. The maximum Gasteiger partial charge on any atom is 0.571 e. The van der Waals surface area contributed by atoms with Gasteiger partial charge < -0.3 is 15.1 Å². The van der Waals surface area contributed by atoms with Crippen molar-refractivity contribution < 1.29 is 29.5 Å². The van der Waals surface area contributed by atoms with E-state index >= 15 is 0 Å². The third-order valence-corrected chi connectivity index (χ3v) is 4.35. The number of nitrogens with zero attached hydrogens (tertiary/aromatic N) is 1. The molecular formula is C11H21NO6P+. The van der Waals surface area contributed by atoms with Crippen LogP contribution in [0, 0.1) is 5.92 Å². The predicted molar refractivity (Wildman–Crippen MR) is 68.0 cm³/mol. The second-order valence-electron chi connectivity index (χ2n) is 4.80. The molecule has 1 heterocycles. The number of aliphatic hydroxyl groups is 1. The minimum absolute atomic E-state index is 0.219. The fraction of sp³-hybridized carbons (Fsp3) is 0.909. The molecular weight excluding hydrogens is 273 g/mol. The lowest BCUT2D eigenvalue weighted by molar-refractivity contribution is -0.143. The molecule has 0 aromatic rings. The summed E-state index contributed by atoms with van der Waals surface area (Å²) in [6.07, 6.45) is 3.21. The average molecular weight is 294 g/mol. The molecule has 0 amide bonds. The van der Waals surface area contributed by atoms with Crippen LogP contribution in [-0.4, -0.2) is 51.8 Å². The van der Waals surface area contributed by atoms with Gasteiger partial charge in [0, 0.05) is 11.1 Å². The zero-order valence-corrected chi connectivity index (χ0v) is 11.7. The van der Waals surface area contributed by atoms with Gasteiger partial charge >= 0.3 is 14.0 Å². The fourth-order valence-electron chi connectivity index (χ4n) is 2.23. The molecule has 0 radical (unpaired) electrons. The van der Waals surface area contributed by atoms with Crippen molar-refractivity contribution in [3.8, 4) is 0 Å². The maximum atomic E-state index is 10.9. The van der Waals surface area contributed by atoms with Crippen molar-refractivity contribution in [1.29, 1.82) is 0 Å². The molecule has 2 atom stereocenters. The van der Waals surface area contributed by atoms with Crippen molar-refractivity contribution in [1.82, 2.24) is 4.90 Å². The highest BCUT2D eigenvalue weighted by Crippen LogP contribution is 2.29. The molecule has 3 N–H and O–H groups in total. The van der Waals surface area contributed by atoms with Gasteiger partial charge in [0.15, 0.2) is 0 Å². The number of carboxylic acid groups (broad SMARTS) is 1. The summed E-state index contributed by atoms with van der Waals surface area (Å²) in [5.41, 5.74) is 0. The molecule has 1 fully saturated rings. The molecule has 8 heteroatoms. The van der Waals surface area contributed by atoms with E-state index in [-0.39, 0.29) is 5.92 Å². The van der Waals surface area contributed by atoms with Crippen molar-refractivity contribution in [3.63, 3.8) is 0 Å². The summed E-state index contributed by atoms with van der Waals surface area (Å²) in [5.74, 6) is -2.06. The molecule has 0 spiro atoms.